The smallest absolute Gasteiger partial charge is 0.790 e. The van der Waals surface area contributed by atoms with Gasteiger partial charge in [-0.05, 0) is 0 Å². The second-order valence-corrected chi connectivity index (χ2v) is 5.74. The van der Waals surface area contributed by atoms with Crippen LogP contribution >= 0.6 is 15.6 Å². The summed E-state index contributed by atoms with van der Waals surface area (Å²) in [5.41, 5.74) is 0. The van der Waals surface area contributed by atoms with Crippen LogP contribution in [0.25, 0.3) is 0 Å². The first-order valence-corrected chi connectivity index (χ1v) is 7.65. The van der Waals surface area contributed by atoms with Gasteiger partial charge in [-0.15, -0.1) is 0 Å². The molecule has 0 aliphatic rings. The van der Waals surface area contributed by atoms with E-state index in [2.05, 4.69) is 9.05 Å². The number of aliphatic hydroxyl groups excluding tert-OH is 3. The fraction of sp³-hybridized carbons (Fsp3) is 0.833. The van der Waals surface area contributed by atoms with E-state index in [1.54, 1.807) is 0 Å². The van der Waals surface area contributed by atoms with Gasteiger partial charge in [-0.2, -0.15) is 0 Å². The minimum absolute atomic E-state index is 0. The maximum atomic E-state index is 11.1. The van der Waals surface area contributed by atoms with Gasteiger partial charge in [0.2, 0.25) is 0 Å². The van der Waals surface area contributed by atoms with Crippen molar-refractivity contribution in [2.45, 2.75) is 18.3 Å². The van der Waals surface area contributed by atoms with Crippen LogP contribution in [-0.4, -0.2) is 52.6 Å². The van der Waals surface area contributed by atoms with Crippen LogP contribution in [0.3, 0.4) is 0 Å². The molecule has 0 amide bonds. The van der Waals surface area contributed by atoms with Crippen LogP contribution in [0.2, 0.25) is 0 Å². The predicted octanol–water partition coefficient (Wildman–Crippen LogP) is -17.7. The molecule has 0 aliphatic heterocycles. The predicted molar refractivity (Wildman–Crippen MR) is 50.1 cm³/mol. The van der Waals surface area contributed by atoms with E-state index >= 15 is 0 Å². The Kier molecular flexibility index (Phi) is 28.2. The van der Waals surface area contributed by atoms with E-state index < -0.39 is 53.0 Å². The average Bonchev–Trinajstić information content (AvgIpc) is 2.29. The van der Waals surface area contributed by atoms with Crippen molar-refractivity contribution >= 4 is 21.4 Å². The van der Waals surface area contributed by atoms with Crippen LogP contribution < -0.4 is 138 Å². The van der Waals surface area contributed by atoms with Crippen LogP contribution in [0.15, 0.2) is 0 Å². The summed E-state index contributed by atoms with van der Waals surface area (Å²) in [5.74, 6) is -1.48. The number of ketones is 1. The molecule has 0 saturated heterocycles. The van der Waals surface area contributed by atoms with Gasteiger partial charge in [-0.25, -0.2) is 0 Å². The van der Waals surface area contributed by atoms with Gasteiger partial charge in [-0.3, -0.25) is 4.79 Å². The molecule has 0 aromatic heterocycles. The van der Waals surface area contributed by atoms with Gasteiger partial charge in [-0.1, -0.05) is 0 Å². The van der Waals surface area contributed by atoms with Gasteiger partial charge < -0.3 is 53.1 Å². The first-order chi connectivity index (χ1) is 8.83. The molecule has 0 aromatic carbocycles. The van der Waals surface area contributed by atoms with Crippen molar-refractivity contribution in [3.8, 4) is 0 Å². The molecule has 18 heteroatoms. The van der Waals surface area contributed by atoms with Crippen molar-refractivity contribution in [1.29, 1.82) is 0 Å². The number of carbonyl (C=O) groups excluding carboxylic acids is 1. The monoisotopic (exact) mass is 429 g/mol. The van der Waals surface area contributed by atoms with Gasteiger partial charge in [0, 0.05) is 0 Å². The van der Waals surface area contributed by atoms with Crippen molar-refractivity contribution in [1.82, 2.24) is 0 Å². The molecular weight excluding hydrogens is 419 g/mol. The van der Waals surface area contributed by atoms with Crippen molar-refractivity contribution in [3.05, 3.63) is 0 Å². The zero-order chi connectivity index (χ0) is 16.1. The number of rotatable bonds is 9. The second kappa shape index (κ2) is 17.6. The third-order valence-corrected chi connectivity index (χ3v) is 2.73. The number of phosphoric acid groups is 2. The molecule has 0 heterocycles. The minimum atomic E-state index is -5.47. The first kappa shape index (κ1) is 38.4. The van der Waals surface area contributed by atoms with Gasteiger partial charge in [0.25, 0.3) is 0 Å². The number of phosphoric ester groups is 2. The summed E-state index contributed by atoms with van der Waals surface area (Å²) in [5, 5.41) is 27.5. The number of Topliss-reactive ketones (excluding diaryl/α,β-unsaturated/α-hetero) is 1. The van der Waals surface area contributed by atoms with E-state index in [9.17, 15) is 38.6 Å². The Morgan fingerprint density at radius 1 is 0.875 bits per heavy atom. The van der Waals surface area contributed by atoms with Crippen molar-refractivity contribution < 1.29 is 176 Å². The third kappa shape index (κ3) is 20.5. The van der Waals surface area contributed by atoms with Gasteiger partial charge in [0.1, 0.15) is 24.9 Å². The Morgan fingerprint density at radius 2 is 1.25 bits per heavy atom. The summed E-state index contributed by atoms with van der Waals surface area (Å²) in [6.07, 6.45) is -6.83. The molecule has 0 saturated carbocycles. The molecule has 0 aliphatic carbocycles. The third-order valence-electron chi connectivity index (χ3n) is 1.82. The molecule has 24 heavy (non-hydrogen) atoms. The van der Waals surface area contributed by atoms with Crippen LogP contribution in [0.1, 0.15) is 0 Å². The van der Waals surface area contributed by atoms with Gasteiger partial charge in [0.15, 0.2) is 5.78 Å². The maximum absolute atomic E-state index is 11.1. The number of hydrogen-bond acceptors (Lipinski definition) is 12. The van der Waals surface area contributed by atoms with E-state index in [1.165, 1.54) is 0 Å². The normalized spacial score (nSPS) is 14.6. The van der Waals surface area contributed by atoms with Crippen LogP contribution in [0.4, 0.5) is 0 Å². The Hall–Kier alpha value is 3.77. The number of carbonyl (C=O) groups is 1. The molecule has 0 spiro atoms. The summed E-state index contributed by atoms with van der Waals surface area (Å²) in [6.45, 7) is -2.63. The number of hydrogen-bond donors (Lipinski definition) is 3. The van der Waals surface area contributed by atoms with E-state index in [1.807, 2.05) is 0 Å². The Balaban J connectivity index is -0.000000301. The molecular formula is C6H10Na4O12P2. The first-order valence-electron chi connectivity index (χ1n) is 4.73. The molecule has 12 nitrogen and oxygen atoms in total. The molecule has 0 unspecified atom stereocenters. The van der Waals surface area contributed by atoms with Crippen LogP contribution in [-0.2, 0) is 23.0 Å². The molecule has 0 bridgehead atoms. The topological polar surface area (TPSA) is 223 Å². The molecule has 0 radical (unpaired) electrons. The van der Waals surface area contributed by atoms with E-state index in [4.69, 9.17) is 10.2 Å². The summed E-state index contributed by atoms with van der Waals surface area (Å²) in [6, 6.07) is 0. The van der Waals surface area contributed by atoms with Crippen molar-refractivity contribution in [2.75, 3.05) is 13.2 Å². The molecule has 0 aromatic rings. The minimum Gasteiger partial charge on any atom is -0.790 e. The SMILES string of the molecule is O=C(COP(=O)([O-])[O-])[C@@H](O)[C@H](O)[C@H](O)[13CH2]OP(=O)([O-])[O-].[Na+].[Na+].[Na+].[Na+]. The second-order valence-electron chi connectivity index (χ2n) is 3.43. The van der Waals surface area contributed by atoms with Crippen molar-refractivity contribution in [3.63, 3.8) is 0 Å². The van der Waals surface area contributed by atoms with E-state index in [-0.39, 0.29) is 118 Å². The Labute approximate surface area is 225 Å². The largest absolute Gasteiger partial charge is 1.00 e. The average molecular weight is 429 g/mol. The molecule has 0 fully saturated rings. The summed E-state index contributed by atoms with van der Waals surface area (Å²) in [4.78, 5) is 51.4. The maximum Gasteiger partial charge on any atom is 1.00 e. The standard InChI is InChI=1S/C6H14O12P2.4Na/c7-3(1-17-19(11,12)13)5(9)6(10)4(8)2-18-20(14,15)16;;;;/h3,5-7,9-10H,1-2H2,(H2,11,12,13)(H2,14,15,16);;;;/q;4*+1/p-4/t3-,5-,6-;;;;/m1..../s1/i1+1;;;;. The van der Waals surface area contributed by atoms with Gasteiger partial charge in [0.05, 0.1) is 22.3 Å². The fourth-order valence-electron chi connectivity index (χ4n) is 0.895. The molecule has 0 rings (SSSR count). The van der Waals surface area contributed by atoms with Crippen LogP contribution in [0.5, 0.6) is 0 Å². The molecule has 120 valence electrons. The summed E-state index contributed by atoms with van der Waals surface area (Å²) in [7, 11) is -10.9. The summed E-state index contributed by atoms with van der Waals surface area (Å²) < 4.78 is 27.3. The zero-order valence-corrected chi connectivity index (χ0v) is 23.3. The molecule has 3 atom stereocenters. The van der Waals surface area contributed by atoms with Gasteiger partial charge >= 0.3 is 118 Å². The van der Waals surface area contributed by atoms with E-state index in [0.717, 1.165) is 0 Å². The Morgan fingerprint density at radius 3 is 1.58 bits per heavy atom. The summed E-state index contributed by atoms with van der Waals surface area (Å²) >= 11 is 0. The van der Waals surface area contributed by atoms with Crippen molar-refractivity contribution in [2.24, 2.45) is 0 Å². The zero-order valence-electron chi connectivity index (χ0n) is 13.6. The van der Waals surface area contributed by atoms with Crippen LogP contribution in [0, 0.1) is 0 Å². The quantitative estimate of drug-likeness (QED) is 0.177. The molecule has 3 N–H and O–H groups in total. The fourth-order valence-corrected chi connectivity index (χ4v) is 1.52. The number of aliphatic hydroxyl groups is 3. The van der Waals surface area contributed by atoms with E-state index in [0.29, 0.717) is 0 Å². The Bertz CT molecular complexity index is 426.